The number of benzene rings is 2. The van der Waals surface area contributed by atoms with Crippen LogP contribution < -0.4 is 5.73 Å². The van der Waals surface area contributed by atoms with E-state index in [0.717, 1.165) is 30.3 Å². The number of carbonyl (C=O) groups is 1. The van der Waals surface area contributed by atoms with E-state index in [2.05, 4.69) is 11.9 Å². The first-order valence-corrected chi connectivity index (χ1v) is 12.1. The topological polar surface area (TPSA) is 123 Å². The summed E-state index contributed by atoms with van der Waals surface area (Å²) in [6.07, 6.45) is 3.95. The fourth-order valence-corrected chi connectivity index (χ4v) is 3.39. The Morgan fingerprint density at radius 2 is 1.88 bits per heavy atom. The normalized spacial score (nSPS) is 11.8. The molecule has 33 heavy (non-hydrogen) atoms. The number of Topliss-reactive ketones (excluding diaryl/α,β-unsaturated/α-hetero) is 1. The van der Waals surface area contributed by atoms with Gasteiger partial charge in [-0.25, -0.2) is 9.37 Å². The Morgan fingerprint density at radius 3 is 2.45 bits per heavy atom. The van der Waals surface area contributed by atoms with Crippen LogP contribution in [0.3, 0.4) is 0 Å². The molecule has 3 rings (SSSR count). The van der Waals surface area contributed by atoms with Crippen LogP contribution in [-0.4, -0.2) is 30.3 Å². The minimum atomic E-state index is -4.02. The summed E-state index contributed by atoms with van der Waals surface area (Å²) in [5, 5.41) is 0. The van der Waals surface area contributed by atoms with Gasteiger partial charge < -0.3 is 10.2 Å². The highest BCUT2D eigenvalue weighted by molar-refractivity contribution is 7.85. The Kier molecular flexibility index (Phi) is 9.90. The molecule has 7 nitrogen and oxygen atoms in total. The highest BCUT2D eigenvalue weighted by Crippen LogP contribution is 2.20. The van der Waals surface area contributed by atoms with Crippen LogP contribution in [0, 0.1) is 6.92 Å². The van der Waals surface area contributed by atoms with Crippen LogP contribution >= 0.6 is 0 Å². The highest BCUT2D eigenvalue weighted by Gasteiger charge is 2.11. The maximum atomic E-state index is 12.4. The monoisotopic (exact) mass is 476 g/mol. The number of halogens is 1. The van der Waals surface area contributed by atoms with E-state index in [1.807, 2.05) is 6.92 Å². The Hall–Kier alpha value is -2.88. The molecular weight excluding hydrogens is 447 g/mol. The molecule has 178 valence electrons. The smallest absolute Gasteiger partial charge is 0.294 e. The lowest BCUT2D eigenvalue weighted by Gasteiger charge is -2.02. The zero-order valence-corrected chi connectivity index (χ0v) is 19.6. The maximum Gasteiger partial charge on any atom is 0.294 e. The number of hydrogen-bond acceptors (Lipinski definition) is 6. The van der Waals surface area contributed by atoms with Crippen molar-refractivity contribution in [3.8, 4) is 0 Å². The molecular formula is C24H29FN2O5S. The second-order valence-corrected chi connectivity index (χ2v) is 9.00. The minimum absolute atomic E-state index is 0.0544. The summed E-state index contributed by atoms with van der Waals surface area (Å²) >= 11 is 0. The second-order valence-electron chi connectivity index (χ2n) is 7.58. The molecule has 0 atom stereocenters. The number of aromatic nitrogens is 1. The summed E-state index contributed by atoms with van der Waals surface area (Å²) in [6.45, 7) is 4.08. The van der Waals surface area contributed by atoms with Gasteiger partial charge in [0, 0.05) is 24.9 Å². The van der Waals surface area contributed by atoms with E-state index in [0.29, 0.717) is 35.4 Å². The molecule has 0 fully saturated rings. The van der Waals surface area contributed by atoms with Crippen molar-refractivity contribution in [3.63, 3.8) is 0 Å². The Morgan fingerprint density at radius 1 is 1.18 bits per heavy atom. The third kappa shape index (κ3) is 8.20. The van der Waals surface area contributed by atoms with Gasteiger partial charge in [-0.05, 0) is 55.7 Å². The van der Waals surface area contributed by atoms with Crippen LogP contribution in [0.15, 0.2) is 63.7 Å². The Balaban J connectivity index is 0.000000294. The standard InChI is InChI=1S/C17H21FN2O2.C7H8O3S/c1-2-3-4-17-20-14-7-6-13(9-16(14)22-17)15(21)8-5-12(10-18)11-19;1-6-2-4-7(5-3-6)11(8,9)10/h6-7,9-10H,2-5,8,11,19H2,1H3;2-5H,1H3,(H,8,9,10)/b12-10-;. The van der Waals surface area contributed by atoms with Gasteiger partial charge in [0.1, 0.15) is 5.52 Å². The molecule has 0 bridgehead atoms. The van der Waals surface area contributed by atoms with Gasteiger partial charge in [0.05, 0.1) is 11.2 Å². The van der Waals surface area contributed by atoms with Gasteiger partial charge in [-0.1, -0.05) is 31.0 Å². The SMILES string of the molecule is CCCCc1nc2ccc(C(=O)CC/C(=C/F)CN)cc2o1.Cc1ccc(S(=O)(=O)O)cc1. The second kappa shape index (κ2) is 12.4. The number of nitrogens with zero attached hydrogens (tertiary/aromatic N) is 1. The first kappa shape index (κ1) is 26.4. The van der Waals surface area contributed by atoms with Crippen molar-refractivity contribution in [2.75, 3.05) is 6.54 Å². The van der Waals surface area contributed by atoms with Gasteiger partial charge in [0.15, 0.2) is 17.3 Å². The fraction of sp³-hybridized carbons (Fsp3) is 0.333. The molecule has 0 spiro atoms. The van der Waals surface area contributed by atoms with Gasteiger partial charge in [0.2, 0.25) is 0 Å². The van der Waals surface area contributed by atoms with Crippen LogP contribution in [0.4, 0.5) is 4.39 Å². The third-order valence-corrected chi connectivity index (χ3v) is 5.78. The van der Waals surface area contributed by atoms with Gasteiger partial charge in [-0.15, -0.1) is 0 Å². The number of ketones is 1. The van der Waals surface area contributed by atoms with E-state index in [1.165, 1.54) is 12.1 Å². The number of nitrogens with two attached hydrogens (primary N) is 1. The first-order chi connectivity index (χ1) is 15.7. The van der Waals surface area contributed by atoms with E-state index >= 15 is 0 Å². The van der Waals surface area contributed by atoms with Crippen LogP contribution in [0.25, 0.3) is 11.1 Å². The van der Waals surface area contributed by atoms with Gasteiger partial charge >= 0.3 is 0 Å². The lowest BCUT2D eigenvalue weighted by atomic mass is 10.0. The van der Waals surface area contributed by atoms with Gasteiger partial charge in [-0.2, -0.15) is 8.42 Å². The number of unbranched alkanes of at least 4 members (excludes halogenated alkanes) is 1. The summed E-state index contributed by atoms with van der Waals surface area (Å²) in [7, 11) is -4.02. The number of oxazole rings is 1. The zero-order chi connectivity index (χ0) is 24.4. The molecule has 9 heteroatoms. The van der Waals surface area contributed by atoms with Crippen LogP contribution in [0.1, 0.15) is 54.4 Å². The van der Waals surface area contributed by atoms with Crippen LogP contribution in [0.2, 0.25) is 0 Å². The lowest BCUT2D eigenvalue weighted by Crippen LogP contribution is -2.06. The summed E-state index contributed by atoms with van der Waals surface area (Å²) in [6, 6.07) is 11.2. The first-order valence-electron chi connectivity index (χ1n) is 10.6. The molecule has 0 aliphatic heterocycles. The summed E-state index contributed by atoms with van der Waals surface area (Å²) < 4.78 is 47.7. The molecule has 3 aromatic rings. The molecule has 1 aromatic heterocycles. The summed E-state index contributed by atoms with van der Waals surface area (Å²) in [4.78, 5) is 16.5. The number of carbonyl (C=O) groups excluding carboxylic acids is 1. The predicted molar refractivity (Wildman–Crippen MR) is 125 cm³/mol. The number of rotatable bonds is 9. The van der Waals surface area contributed by atoms with Gasteiger partial charge in [-0.3, -0.25) is 9.35 Å². The van der Waals surface area contributed by atoms with E-state index < -0.39 is 10.1 Å². The number of aryl methyl sites for hydroxylation is 2. The van der Waals surface area contributed by atoms with E-state index in [-0.39, 0.29) is 23.6 Å². The molecule has 3 N–H and O–H groups in total. The molecule has 0 aliphatic rings. The van der Waals surface area contributed by atoms with Crippen molar-refractivity contribution in [2.45, 2.75) is 50.8 Å². The molecule has 0 radical (unpaired) electrons. The molecule has 0 unspecified atom stereocenters. The number of fused-ring (bicyclic) bond motifs is 1. The van der Waals surface area contributed by atoms with E-state index in [1.54, 1.807) is 30.3 Å². The van der Waals surface area contributed by atoms with Crippen molar-refractivity contribution in [1.29, 1.82) is 0 Å². The van der Waals surface area contributed by atoms with Crippen molar-refractivity contribution >= 4 is 27.0 Å². The lowest BCUT2D eigenvalue weighted by molar-refractivity contribution is 0.0982. The van der Waals surface area contributed by atoms with Crippen LogP contribution in [0.5, 0.6) is 0 Å². The Labute approximate surface area is 193 Å². The molecule has 0 amide bonds. The van der Waals surface area contributed by atoms with E-state index in [9.17, 15) is 17.6 Å². The zero-order valence-electron chi connectivity index (χ0n) is 18.8. The van der Waals surface area contributed by atoms with Crippen LogP contribution in [-0.2, 0) is 16.5 Å². The molecule has 1 heterocycles. The summed E-state index contributed by atoms with van der Waals surface area (Å²) in [5.41, 5.74) is 8.72. The van der Waals surface area contributed by atoms with Gasteiger partial charge in [0.25, 0.3) is 10.1 Å². The average Bonchev–Trinajstić information content (AvgIpc) is 3.20. The predicted octanol–water partition coefficient (Wildman–Crippen LogP) is 5.19. The van der Waals surface area contributed by atoms with E-state index in [4.69, 9.17) is 14.7 Å². The van der Waals surface area contributed by atoms with Crippen molar-refractivity contribution in [2.24, 2.45) is 5.73 Å². The van der Waals surface area contributed by atoms with Crippen molar-refractivity contribution < 1.29 is 26.6 Å². The molecule has 0 aliphatic carbocycles. The Bertz CT molecular complexity index is 1200. The average molecular weight is 477 g/mol. The number of hydrogen-bond donors (Lipinski definition) is 2. The molecule has 0 saturated heterocycles. The van der Waals surface area contributed by atoms with Crippen molar-refractivity contribution in [3.05, 3.63) is 71.4 Å². The third-order valence-electron chi connectivity index (χ3n) is 4.91. The highest BCUT2D eigenvalue weighted by atomic mass is 32.2. The molecule has 0 saturated carbocycles. The molecule has 2 aromatic carbocycles. The largest absolute Gasteiger partial charge is 0.441 e. The maximum absolute atomic E-state index is 12.4. The summed E-state index contributed by atoms with van der Waals surface area (Å²) in [5.74, 6) is 0.647. The fourth-order valence-electron chi connectivity index (χ4n) is 2.91. The minimum Gasteiger partial charge on any atom is -0.441 e. The van der Waals surface area contributed by atoms with Crippen molar-refractivity contribution in [1.82, 2.24) is 4.98 Å². The quantitative estimate of drug-likeness (QED) is 0.322.